The Labute approximate surface area is 812 Å². The lowest BCUT2D eigenvalue weighted by Crippen LogP contribution is -2.34. The standard InChI is InChI=1S/C116H178N4O3S6/c1-16-24-32-40-44-46-48-50-54-62-78-119-107-94-83-103(115(9,10)11)129-111(94)110-93(105(107)117-113(119)89-70-72-92(73-71-89)123-79-63-55-51-49-47-45-41-33-25-17-2)82-102(127-110)109-90(68-60-38-30-22-7)80-100(126-109)96-74-76-98(124-96)106-95(86-121)104(114(122)120(106)85-88(66-57-37-29-21-6)67-59-53-43-35-27-19-4)108(118(15)84-87(64-56-36-28-20-5)65-58-52-42-34-26-18-3)99-77-75-97(125-99)101-81-91(69-61-39-31-23-8)112(128-101)116(12,13)14/h70-77,80-83,86-88,105,107H,16-69,78-79,84-85H2,1-15H3/b108-104+. The number of benzene rings is 1. The molecule has 0 saturated heterocycles. The maximum Gasteiger partial charge on any atom is 0.261 e. The molecule has 7 aromatic rings. The smallest absolute Gasteiger partial charge is 0.261 e. The van der Waals surface area contributed by atoms with E-state index >= 15 is 9.59 Å². The topological polar surface area (TPSA) is 65.5 Å². The molecule has 716 valence electrons. The van der Waals surface area contributed by atoms with E-state index in [1.54, 1.807) is 0 Å². The molecule has 1 aliphatic carbocycles. The van der Waals surface area contributed by atoms with E-state index in [1.807, 2.05) is 68.0 Å². The number of ether oxygens (including phenoxy) is 1. The van der Waals surface area contributed by atoms with E-state index in [1.165, 1.54) is 372 Å². The maximum absolute atomic E-state index is 17.0. The number of amides is 1. The Balaban J connectivity index is 1.08. The molecule has 0 bridgehead atoms. The van der Waals surface area contributed by atoms with Crippen LogP contribution < -0.4 is 4.74 Å². The van der Waals surface area contributed by atoms with Gasteiger partial charge in [-0.15, -0.1) is 68.0 Å². The van der Waals surface area contributed by atoms with Crippen LogP contribution in [0.4, 0.5) is 0 Å². The van der Waals surface area contributed by atoms with Crippen LogP contribution in [0.2, 0.25) is 0 Å². The van der Waals surface area contributed by atoms with E-state index < -0.39 is 0 Å². The number of aliphatic imine (C=N–C) groups is 1. The Hall–Kier alpha value is -4.89. The average molecular weight is 1870 g/mol. The second-order valence-electron chi connectivity index (χ2n) is 41.4. The number of unbranched alkanes of at least 4 members (excludes halogenated alkanes) is 40. The lowest BCUT2D eigenvalue weighted by Gasteiger charge is -2.33. The summed E-state index contributed by atoms with van der Waals surface area (Å²) in [6.45, 7) is 36.2. The lowest BCUT2D eigenvalue weighted by atomic mass is 9.86. The van der Waals surface area contributed by atoms with Gasteiger partial charge in [0.1, 0.15) is 17.6 Å². The summed E-state index contributed by atoms with van der Waals surface area (Å²) in [5.41, 5.74) is 9.92. The largest absolute Gasteiger partial charge is 0.494 e. The molecule has 2 aliphatic heterocycles. The van der Waals surface area contributed by atoms with Crippen LogP contribution in [0.15, 0.2) is 88.9 Å². The normalized spacial score (nSPS) is 15.6. The number of aldehydes is 1. The average Bonchev–Trinajstić information content (AvgIpc) is 1.55. The summed E-state index contributed by atoms with van der Waals surface area (Å²) >= 11 is 11.7. The summed E-state index contributed by atoms with van der Waals surface area (Å²) in [5.74, 6) is 2.87. The summed E-state index contributed by atoms with van der Waals surface area (Å²) in [5, 5.41) is 0. The molecule has 13 heteroatoms. The SMILES string of the molecule is CCCCCCCCCCCCOc1ccc(C2=NC3c4cc(-c5sc(-c6ccc(C7=C(C=O)/C(=C(/c8ccc(-c9cc(CCCCCC)c(C(C)(C)C)s9)s8)N(C)CC(CCCCCC)CCCCCCCC)C(=O)N7CC(CCCCCC)CCCCCCCC)s6)cc5CCCCCC)sc4-c4sc(C(C)(C)C)cc4C3N2CCCCCCCCCCCC)cc1. The second kappa shape index (κ2) is 57.2. The van der Waals surface area contributed by atoms with Crippen molar-refractivity contribution in [3.8, 4) is 44.8 Å². The molecule has 0 spiro atoms. The van der Waals surface area contributed by atoms with Crippen LogP contribution in [-0.4, -0.2) is 66.0 Å². The van der Waals surface area contributed by atoms with Crippen molar-refractivity contribution in [1.82, 2.24) is 14.7 Å². The third kappa shape index (κ3) is 31.8. The number of hydrogen-bond donors (Lipinski definition) is 0. The van der Waals surface area contributed by atoms with Crippen LogP contribution >= 0.6 is 68.0 Å². The Morgan fingerprint density at radius 1 is 0.434 bits per heavy atom. The zero-order chi connectivity index (χ0) is 91.8. The third-order valence-electron chi connectivity index (χ3n) is 28.0. The number of nitrogens with zero attached hydrogens (tertiary/aromatic N) is 4. The first kappa shape index (κ1) is 106. The zero-order valence-electron chi connectivity index (χ0n) is 84.3. The number of fused-ring (bicyclic) bond motifs is 6. The number of carbonyl (C=O) groups is 2. The van der Waals surface area contributed by atoms with Crippen LogP contribution in [0, 0.1) is 11.8 Å². The zero-order valence-corrected chi connectivity index (χ0v) is 89.2. The fraction of sp³-hybridized carbons (Fsp3) is 0.681. The molecule has 7 nitrogen and oxygen atoms in total. The molecule has 10 rings (SSSR count). The summed E-state index contributed by atoms with van der Waals surface area (Å²) < 4.78 is 6.52. The Kier molecular flexibility index (Phi) is 47.1. The molecule has 3 aliphatic rings. The molecule has 129 heavy (non-hydrogen) atoms. The van der Waals surface area contributed by atoms with Crippen molar-refractivity contribution in [3.63, 3.8) is 0 Å². The third-order valence-corrected chi connectivity index (χ3v) is 36.4. The lowest BCUT2D eigenvalue weighted by molar-refractivity contribution is -0.123. The number of aryl methyl sites for hydroxylation is 2. The number of rotatable bonds is 69. The van der Waals surface area contributed by atoms with Gasteiger partial charge in [-0.05, 0) is 182 Å². The molecular weight excluding hydrogens is 1690 g/mol. The Bertz CT molecular complexity index is 4450. The molecule has 1 aromatic carbocycles. The second-order valence-corrected chi connectivity index (χ2v) is 47.8. The van der Waals surface area contributed by atoms with Gasteiger partial charge in [0, 0.05) is 71.3 Å². The van der Waals surface area contributed by atoms with Gasteiger partial charge >= 0.3 is 0 Å². The molecule has 0 N–H and O–H groups in total. The highest BCUT2D eigenvalue weighted by Gasteiger charge is 2.47. The van der Waals surface area contributed by atoms with Crippen molar-refractivity contribution in [1.29, 1.82) is 0 Å². The van der Waals surface area contributed by atoms with Gasteiger partial charge in [-0.25, -0.2) is 0 Å². The van der Waals surface area contributed by atoms with Gasteiger partial charge in [0.25, 0.3) is 5.91 Å². The number of thiophene rings is 6. The Morgan fingerprint density at radius 2 is 0.884 bits per heavy atom. The van der Waals surface area contributed by atoms with Gasteiger partial charge in [0.15, 0.2) is 6.29 Å². The van der Waals surface area contributed by atoms with Crippen molar-refractivity contribution >= 4 is 97.4 Å². The first-order valence-electron chi connectivity index (χ1n) is 53.6. The minimum absolute atomic E-state index is 0.00893. The van der Waals surface area contributed by atoms with Crippen LogP contribution in [0.1, 0.15) is 490 Å². The van der Waals surface area contributed by atoms with E-state index in [-0.39, 0.29) is 28.8 Å². The van der Waals surface area contributed by atoms with Crippen molar-refractivity contribution in [3.05, 3.63) is 131 Å². The van der Waals surface area contributed by atoms with Crippen LogP contribution in [0.5, 0.6) is 5.75 Å². The minimum Gasteiger partial charge on any atom is -0.494 e. The molecule has 4 atom stereocenters. The molecule has 0 radical (unpaired) electrons. The Morgan fingerprint density at radius 3 is 1.42 bits per heavy atom. The van der Waals surface area contributed by atoms with Crippen LogP contribution in [0.25, 0.3) is 50.4 Å². The van der Waals surface area contributed by atoms with Crippen LogP contribution in [-0.2, 0) is 33.3 Å². The van der Waals surface area contributed by atoms with Crippen molar-refractivity contribution in [2.24, 2.45) is 16.8 Å². The van der Waals surface area contributed by atoms with Crippen LogP contribution in [0.3, 0.4) is 0 Å². The predicted molar refractivity (Wildman–Crippen MR) is 574 cm³/mol. The summed E-state index contributed by atoms with van der Waals surface area (Å²) in [4.78, 5) is 61.4. The van der Waals surface area contributed by atoms with E-state index in [2.05, 4.69) is 191 Å². The molecule has 0 saturated carbocycles. The number of carbonyl (C=O) groups excluding carboxylic acids is 2. The molecule has 0 fully saturated rings. The first-order chi connectivity index (χ1) is 62.8. The van der Waals surface area contributed by atoms with E-state index in [4.69, 9.17) is 9.73 Å². The molecular formula is C116H178N4O3S6. The highest BCUT2D eigenvalue weighted by molar-refractivity contribution is 7.29. The van der Waals surface area contributed by atoms with E-state index in [0.29, 0.717) is 29.5 Å². The van der Waals surface area contributed by atoms with E-state index in [0.717, 1.165) is 110 Å². The molecule has 4 unspecified atom stereocenters. The highest BCUT2D eigenvalue weighted by Crippen LogP contribution is 2.61. The predicted octanol–water partition coefficient (Wildman–Crippen LogP) is 38.4. The van der Waals surface area contributed by atoms with Gasteiger partial charge in [0.2, 0.25) is 0 Å². The van der Waals surface area contributed by atoms with Crippen molar-refractivity contribution in [2.45, 2.75) is 467 Å². The molecule has 1 amide bonds. The molecule has 6 aromatic heterocycles. The number of amidine groups is 1. The maximum atomic E-state index is 17.0. The van der Waals surface area contributed by atoms with Gasteiger partial charge in [-0.1, -0.05) is 379 Å². The van der Waals surface area contributed by atoms with Gasteiger partial charge in [-0.3, -0.25) is 14.6 Å². The van der Waals surface area contributed by atoms with E-state index in [9.17, 15) is 0 Å². The quantitative estimate of drug-likeness (QED) is 0.0216. The monoisotopic (exact) mass is 1870 g/mol. The fourth-order valence-electron chi connectivity index (χ4n) is 20.4. The van der Waals surface area contributed by atoms with Crippen molar-refractivity contribution < 1.29 is 14.3 Å². The summed E-state index contributed by atoms with van der Waals surface area (Å²) in [6.07, 6.45) is 68.7. The minimum atomic E-state index is -0.0411. The highest BCUT2D eigenvalue weighted by atomic mass is 32.1. The summed E-state index contributed by atoms with van der Waals surface area (Å²) in [6, 6.07) is 28.8. The van der Waals surface area contributed by atoms with Crippen molar-refractivity contribution in [2.75, 3.05) is 33.3 Å². The number of hydrogen-bond acceptors (Lipinski definition) is 12. The fourth-order valence-corrected chi connectivity index (χ4v) is 28.0. The van der Waals surface area contributed by atoms with Gasteiger partial charge < -0.3 is 19.4 Å². The molecule has 8 heterocycles. The van der Waals surface area contributed by atoms with Gasteiger partial charge in [0.05, 0.1) is 54.7 Å². The van der Waals surface area contributed by atoms with Gasteiger partial charge in [-0.2, -0.15) is 0 Å². The summed E-state index contributed by atoms with van der Waals surface area (Å²) in [7, 11) is 2.29. The first-order valence-corrected chi connectivity index (χ1v) is 58.5.